The molecule has 0 aromatic heterocycles. The van der Waals surface area contributed by atoms with Gasteiger partial charge in [-0.1, -0.05) is 18.6 Å². The average molecular weight is 343 g/mol. The number of hydrogen-bond donors (Lipinski definition) is 1. The number of ether oxygens (including phenoxy) is 2. The molecular formula is C21H29NO3. The van der Waals surface area contributed by atoms with Gasteiger partial charge >= 0.3 is 0 Å². The van der Waals surface area contributed by atoms with Crippen LogP contribution in [0.3, 0.4) is 0 Å². The van der Waals surface area contributed by atoms with Crippen molar-refractivity contribution in [1.82, 2.24) is 5.32 Å². The molecule has 1 aromatic carbocycles. The molecule has 1 heterocycles. The van der Waals surface area contributed by atoms with Crippen LogP contribution in [0.25, 0.3) is 0 Å². The lowest BCUT2D eigenvalue weighted by Gasteiger charge is -2.28. The van der Waals surface area contributed by atoms with Gasteiger partial charge in [0.15, 0.2) is 0 Å². The Morgan fingerprint density at radius 3 is 2.88 bits per heavy atom. The lowest BCUT2D eigenvalue weighted by atomic mass is 9.84. The molecule has 25 heavy (non-hydrogen) atoms. The van der Waals surface area contributed by atoms with Gasteiger partial charge in [0.05, 0.1) is 11.7 Å². The zero-order chi connectivity index (χ0) is 17.2. The lowest BCUT2D eigenvalue weighted by Crippen LogP contribution is -2.40. The van der Waals surface area contributed by atoms with Crippen molar-refractivity contribution < 1.29 is 14.3 Å². The third-order valence-electron chi connectivity index (χ3n) is 6.37. The summed E-state index contributed by atoms with van der Waals surface area (Å²) >= 11 is 0. The van der Waals surface area contributed by atoms with Crippen molar-refractivity contribution in [2.24, 2.45) is 17.8 Å². The fourth-order valence-electron chi connectivity index (χ4n) is 5.04. The Morgan fingerprint density at radius 2 is 2.16 bits per heavy atom. The minimum atomic E-state index is -0.0155. The molecule has 136 valence electrons. The van der Waals surface area contributed by atoms with E-state index in [1.54, 1.807) is 0 Å². The van der Waals surface area contributed by atoms with Gasteiger partial charge in [-0.25, -0.2) is 0 Å². The highest BCUT2D eigenvalue weighted by molar-refractivity contribution is 5.97. The number of benzene rings is 1. The lowest BCUT2D eigenvalue weighted by molar-refractivity contribution is 0.0669. The molecule has 1 N–H and O–H groups in total. The Kier molecular flexibility index (Phi) is 4.98. The third kappa shape index (κ3) is 3.69. The van der Waals surface area contributed by atoms with Gasteiger partial charge in [0, 0.05) is 12.6 Å². The summed E-state index contributed by atoms with van der Waals surface area (Å²) in [5, 5.41) is 3.24. The highest BCUT2D eigenvalue weighted by Gasteiger charge is 2.42. The van der Waals surface area contributed by atoms with Gasteiger partial charge in [0.25, 0.3) is 5.91 Å². The molecule has 4 heteroatoms. The number of para-hydroxylation sites is 1. The third-order valence-corrected chi connectivity index (χ3v) is 6.37. The fourth-order valence-corrected chi connectivity index (χ4v) is 5.04. The minimum Gasteiger partial charge on any atom is -0.490 e. The van der Waals surface area contributed by atoms with Gasteiger partial charge < -0.3 is 14.8 Å². The number of rotatable bonds is 6. The summed E-state index contributed by atoms with van der Waals surface area (Å²) in [6.45, 7) is 3.50. The van der Waals surface area contributed by atoms with Gasteiger partial charge in [-0.15, -0.1) is 0 Å². The van der Waals surface area contributed by atoms with Crippen LogP contribution in [0.5, 0.6) is 5.75 Å². The van der Waals surface area contributed by atoms with Crippen molar-refractivity contribution in [3.05, 3.63) is 29.8 Å². The molecule has 0 radical (unpaired) electrons. The number of carbonyl (C=O) groups excluding carboxylic acids is 1. The van der Waals surface area contributed by atoms with Crippen LogP contribution in [0, 0.1) is 17.8 Å². The molecule has 3 aliphatic rings. The topological polar surface area (TPSA) is 47.6 Å². The second-order valence-corrected chi connectivity index (χ2v) is 8.04. The van der Waals surface area contributed by atoms with E-state index in [4.69, 9.17) is 9.47 Å². The van der Waals surface area contributed by atoms with Gasteiger partial charge in [0.1, 0.15) is 12.4 Å². The molecule has 2 saturated carbocycles. The van der Waals surface area contributed by atoms with E-state index in [0.29, 0.717) is 23.8 Å². The largest absolute Gasteiger partial charge is 0.490 e. The Balaban J connectivity index is 1.37. The molecule has 1 amide bonds. The average Bonchev–Trinajstić information content (AvgIpc) is 3.37. The molecule has 1 aromatic rings. The highest BCUT2D eigenvalue weighted by atomic mass is 16.5. The van der Waals surface area contributed by atoms with E-state index in [-0.39, 0.29) is 18.1 Å². The molecule has 4 nitrogen and oxygen atoms in total. The summed E-state index contributed by atoms with van der Waals surface area (Å²) in [4.78, 5) is 12.8. The molecule has 0 spiro atoms. The normalized spacial score (nSPS) is 31.9. The molecule has 4 rings (SSSR count). The molecule has 3 fully saturated rings. The SMILES string of the molecule is C[C@H](NC(=O)c1ccccc1OC[C@@H]1CCCO1)[C@@H]1C[C@H]2CC[C@H]1C2. The molecular weight excluding hydrogens is 314 g/mol. The Hall–Kier alpha value is -1.55. The molecule has 1 saturated heterocycles. The molecule has 0 unspecified atom stereocenters. The molecule has 1 aliphatic heterocycles. The number of hydrogen-bond acceptors (Lipinski definition) is 3. The van der Waals surface area contributed by atoms with E-state index in [0.717, 1.165) is 31.3 Å². The first-order chi connectivity index (χ1) is 12.2. The first kappa shape index (κ1) is 16.9. The van der Waals surface area contributed by atoms with E-state index in [1.807, 2.05) is 24.3 Å². The van der Waals surface area contributed by atoms with Gasteiger partial charge in [-0.2, -0.15) is 0 Å². The number of amides is 1. The summed E-state index contributed by atoms with van der Waals surface area (Å²) < 4.78 is 11.5. The van der Waals surface area contributed by atoms with Crippen molar-refractivity contribution >= 4 is 5.91 Å². The summed E-state index contributed by atoms with van der Waals surface area (Å²) in [6, 6.07) is 7.78. The maximum atomic E-state index is 12.8. The first-order valence-electron chi connectivity index (χ1n) is 9.85. The van der Waals surface area contributed by atoms with Crippen molar-refractivity contribution in [2.45, 2.75) is 57.6 Å². The molecule has 2 bridgehead atoms. The highest BCUT2D eigenvalue weighted by Crippen LogP contribution is 2.49. The maximum absolute atomic E-state index is 12.8. The Labute approximate surface area is 150 Å². The smallest absolute Gasteiger partial charge is 0.255 e. The quantitative estimate of drug-likeness (QED) is 0.855. The molecule has 5 atom stereocenters. The van der Waals surface area contributed by atoms with E-state index in [1.165, 1.54) is 25.7 Å². The minimum absolute atomic E-state index is 0.0155. The van der Waals surface area contributed by atoms with E-state index < -0.39 is 0 Å². The van der Waals surface area contributed by atoms with Crippen LogP contribution >= 0.6 is 0 Å². The second kappa shape index (κ2) is 7.36. The van der Waals surface area contributed by atoms with Crippen molar-refractivity contribution in [3.63, 3.8) is 0 Å². The van der Waals surface area contributed by atoms with Crippen LogP contribution in [0.4, 0.5) is 0 Å². The standard InChI is InChI=1S/C21H29NO3/c1-14(19-12-15-8-9-16(19)11-15)22-21(23)18-6-2-3-7-20(18)25-13-17-5-4-10-24-17/h2-3,6-7,14-17,19H,4-5,8-13H2,1H3,(H,22,23)/t14-,15-,16-,17-,19-/m0/s1. The number of carbonyl (C=O) groups is 1. The Morgan fingerprint density at radius 1 is 1.28 bits per heavy atom. The van der Waals surface area contributed by atoms with E-state index >= 15 is 0 Å². The zero-order valence-corrected chi connectivity index (χ0v) is 15.1. The van der Waals surface area contributed by atoms with Gasteiger partial charge in [-0.3, -0.25) is 4.79 Å². The van der Waals surface area contributed by atoms with E-state index in [2.05, 4.69) is 12.2 Å². The van der Waals surface area contributed by atoms with Crippen LogP contribution in [-0.2, 0) is 4.74 Å². The second-order valence-electron chi connectivity index (χ2n) is 8.04. The van der Waals surface area contributed by atoms with Gasteiger partial charge in [-0.05, 0) is 68.9 Å². The van der Waals surface area contributed by atoms with Crippen molar-refractivity contribution in [3.8, 4) is 5.75 Å². The Bertz CT molecular complexity index is 611. The summed E-state index contributed by atoms with van der Waals surface area (Å²) in [6.07, 6.45) is 7.67. The van der Waals surface area contributed by atoms with Crippen LogP contribution in [0.15, 0.2) is 24.3 Å². The summed E-state index contributed by atoms with van der Waals surface area (Å²) in [5.41, 5.74) is 0.635. The van der Waals surface area contributed by atoms with Crippen LogP contribution in [0.2, 0.25) is 0 Å². The van der Waals surface area contributed by atoms with Crippen LogP contribution < -0.4 is 10.1 Å². The summed E-state index contributed by atoms with van der Waals surface area (Å²) in [7, 11) is 0. The first-order valence-corrected chi connectivity index (χ1v) is 9.85. The molecule has 2 aliphatic carbocycles. The fraction of sp³-hybridized carbons (Fsp3) is 0.667. The summed E-state index contributed by atoms with van der Waals surface area (Å²) in [5.74, 6) is 3.00. The number of fused-ring (bicyclic) bond motifs is 2. The monoisotopic (exact) mass is 343 g/mol. The van der Waals surface area contributed by atoms with Crippen molar-refractivity contribution in [2.75, 3.05) is 13.2 Å². The van der Waals surface area contributed by atoms with Crippen LogP contribution in [0.1, 0.15) is 55.8 Å². The number of nitrogens with one attached hydrogen (secondary N) is 1. The zero-order valence-electron chi connectivity index (χ0n) is 15.1. The van der Waals surface area contributed by atoms with Gasteiger partial charge in [0.2, 0.25) is 0 Å². The van der Waals surface area contributed by atoms with Crippen molar-refractivity contribution in [1.29, 1.82) is 0 Å². The predicted octanol–water partition coefficient (Wildman–Crippen LogP) is 3.80. The van der Waals surface area contributed by atoms with E-state index in [9.17, 15) is 4.79 Å². The predicted molar refractivity (Wildman–Crippen MR) is 96.8 cm³/mol. The van der Waals surface area contributed by atoms with Crippen LogP contribution in [-0.4, -0.2) is 31.3 Å². The maximum Gasteiger partial charge on any atom is 0.255 e.